The number of hydrogen-bond acceptors (Lipinski definition) is 6. The van der Waals surface area contributed by atoms with Crippen molar-refractivity contribution in [2.45, 2.75) is 18.4 Å². The molecule has 0 bridgehead atoms. The number of rotatable bonds is 6. The summed E-state index contributed by atoms with van der Waals surface area (Å²) in [6, 6.07) is 10.4. The van der Waals surface area contributed by atoms with Crippen LogP contribution in [0, 0.1) is 6.92 Å². The van der Waals surface area contributed by atoms with Crippen LogP contribution in [-0.2, 0) is 16.6 Å². The highest BCUT2D eigenvalue weighted by Gasteiger charge is 2.16. The number of anilines is 2. The predicted molar refractivity (Wildman–Crippen MR) is 100 cm³/mol. The molecule has 3 heterocycles. The Morgan fingerprint density at radius 1 is 1.16 bits per heavy atom. The van der Waals surface area contributed by atoms with Crippen LogP contribution in [0.15, 0.2) is 59.1 Å². The predicted octanol–water partition coefficient (Wildman–Crippen LogP) is 3.28. The van der Waals surface area contributed by atoms with Gasteiger partial charge in [0.1, 0.15) is 16.5 Å². The lowest BCUT2D eigenvalue weighted by Gasteiger charge is -2.18. The first-order valence-corrected chi connectivity index (χ1v) is 9.96. The molecule has 3 rings (SSSR count). The van der Waals surface area contributed by atoms with E-state index in [0.717, 1.165) is 6.54 Å². The standard InChI is InChI=1S/C17H18N4O2S2/c1-13-8-10-24-15(13)12-21(2)17-7-6-14(11-19-17)25(22,23)20-16-5-3-4-9-18-16/h3-11H,12H2,1-2H3,(H,18,20). The van der Waals surface area contributed by atoms with E-state index >= 15 is 0 Å². The molecular weight excluding hydrogens is 356 g/mol. The summed E-state index contributed by atoms with van der Waals surface area (Å²) in [6.07, 6.45) is 2.89. The second kappa shape index (κ2) is 7.20. The van der Waals surface area contributed by atoms with Crippen molar-refractivity contribution in [1.29, 1.82) is 0 Å². The van der Waals surface area contributed by atoms with E-state index < -0.39 is 10.0 Å². The number of nitrogens with one attached hydrogen (secondary N) is 1. The van der Waals surface area contributed by atoms with Gasteiger partial charge in [0, 0.05) is 24.3 Å². The zero-order chi connectivity index (χ0) is 17.9. The highest BCUT2D eigenvalue weighted by Crippen LogP contribution is 2.21. The molecule has 0 aliphatic carbocycles. The first-order valence-electron chi connectivity index (χ1n) is 7.60. The van der Waals surface area contributed by atoms with Crippen LogP contribution in [0.4, 0.5) is 11.6 Å². The van der Waals surface area contributed by atoms with Gasteiger partial charge in [0.15, 0.2) is 0 Å². The van der Waals surface area contributed by atoms with Crippen molar-refractivity contribution in [3.05, 3.63) is 64.6 Å². The summed E-state index contributed by atoms with van der Waals surface area (Å²) in [6.45, 7) is 2.81. The molecule has 0 saturated heterocycles. The van der Waals surface area contributed by atoms with E-state index in [1.165, 1.54) is 22.8 Å². The highest BCUT2D eigenvalue weighted by atomic mass is 32.2. The fraction of sp³-hybridized carbons (Fsp3) is 0.176. The molecule has 0 radical (unpaired) electrons. The molecule has 130 valence electrons. The largest absolute Gasteiger partial charge is 0.355 e. The monoisotopic (exact) mass is 374 g/mol. The molecule has 0 atom stereocenters. The maximum Gasteiger partial charge on any atom is 0.264 e. The van der Waals surface area contributed by atoms with Crippen LogP contribution in [0.1, 0.15) is 10.4 Å². The fourth-order valence-corrected chi connectivity index (χ4v) is 4.15. The van der Waals surface area contributed by atoms with Gasteiger partial charge in [-0.2, -0.15) is 0 Å². The zero-order valence-electron chi connectivity index (χ0n) is 13.9. The molecule has 0 saturated carbocycles. The van der Waals surface area contributed by atoms with E-state index in [9.17, 15) is 8.42 Å². The van der Waals surface area contributed by atoms with Gasteiger partial charge < -0.3 is 4.90 Å². The molecule has 25 heavy (non-hydrogen) atoms. The number of thiophene rings is 1. The van der Waals surface area contributed by atoms with Gasteiger partial charge in [-0.25, -0.2) is 18.4 Å². The minimum absolute atomic E-state index is 0.0996. The SMILES string of the molecule is Cc1ccsc1CN(C)c1ccc(S(=O)(=O)Nc2ccccn2)cn1. The van der Waals surface area contributed by atoms with Crippen molar-refractivity contribution in [3.8, 4) is 0 Å². The maximum absolute atomic E-state index is 12.4. The number of nitrogens with zero attached hydrogens (tertiary/aromatic N) is 3. The highest BCUT2D eigenvalue weighted by molar-refractivity contribution is 7.92. The first-order chi connectivity index (χ1) is 12.0. The van der Waals surface area contributed by atoms with Gasteiger partial charge in [0.25, 0.3) is 10.0 Å². The molecule has 3 aromatic heterocycles. The van der Waals surface area contributed by atoms with E-state index in [1.807, 2.05) is 11.9 Å². The van der Waals surface area contributed by atoms with E-state index in [2.05, 4.69) is 33.1 Å². The third-order valence-corrected chi connectivity index (χ3v) is 6.02. The van der Waals surface area contributed by atoms with Crippen LogP contribution in [-0.4, -0.2) is 25.4 Å². The Kier molecular flexibility index (Phi) is 5.00. The van der Waals surface area contributed by atoms with Crippen LogP contribution in [0.25, 0.3) is 0 Å². The van der Waals surface area contributed by atoms with Crippen LogP contribution < -0.4 is 9.62 Å². The third kappa shape index (κ3) is 4.15. The molecule has 0 fully saturated rings. The molecule has 6 nitrogen and oxygen atoms in total. The van der Waals surface area contributed by atoms with E-state index in [1.54, 1.807) is 41.7 Å². The fourth-order valence-electron chi connectivity index (χ4n) is 2.24. The number of hydrogen-bond donors (Lipinski definition) is 1. The molecule has 0 unspecified atom stereocenters. The minimum atomic E-state index is -3.70. The maximum atomic E-state index is 12.4. The van der Waals surface area contributed by atoms with Crippen molar-refractivity contribution < 1.29 is 8.42 Å². The number of aryl methyl sites for hydroxylation is 1. The Morgan fingerprint density at radius 3 is 2.60 bits per heavy atom. The Bertz CT molecular complexity index is 938. The Hall–Kier alpha value is -2.45. The van der Waals surface area contributed by atoms with Gasteiger partial charge in [0.05, 0.1) is 6.54 Å². The molecule has 0 spiro atoms. The van der Waals surface area contributed by atoms with Gasteiger partial charge in [-0.3, -0.25) is 4.72 Å². The van der Waals surface area contributed by atoms with Gasteiger partial charge in [-0.1, -0.05) is 6.07 Å². The van der Waals surface area contributed by atoms with Gasteiger partial charge in [-0.05, 0) is 48.2 Å². The van der Waals surface area contributed by atoms with Crippen molar-refractivity contribution in [2.24, 2.45) is 0 Å². The average molecular weight is 374 g/mol. The van der Waals surface area contributed by atoms with Crippen LogP contribution in [0.3, 0.4) is 0 Å². The summed E-state index contributed by atoms with van der Waals surface area (Å²) in [5.74, 6) is 0.987. The van der Waals surface area contributed by atoms with Gasteiger partial charge in [-0.15, -0.1) is 11.3 Å². The van der Waals surface area contributed by atoms with Crippen LogP contribution >= 0.6 is 11.3 Å². The molecular formula is C17H18N4O2S2. The zero-order valence-corrected chi connectivity index (χ0v) is 15.5. The lowest BCUT2D eigenvalue weighted by atomic mass is 10.3. The Morgan fingerprint density at radius 2 is 2.00 bits per heavy atom. The van der Waals surface area contributed by atoms with E-state index in [4.69, 9.17) is 0 Å². The average Bonchev–Trinajstić information content (AvgIpc) is 3.00. The number of sulfonamides is 1. The Balaban J connectivity index is 1.74. The second-order valence-corrected chi connectivity index (χ2v) is 8.24. The lowest BCUT2D eigenvalue weighted by molar-refractivity contribution is 0.600. The van der Waals surface area contributed by atoms with Gasteiger partial charge >= 0.3 is 0 Å². The lowest BCUT2D eigenvalue weighted by Crippen LogP contribution is -2.18. The summed E-state index contributed by atoms with van der Waals surface area (Å²) in [7, 11) is -1.77. The molecule has 1 N–H and O–H groups in total. The Labute approximate surface area is 151 Å². The van der Waals surface area contributed by atoms with Crippen LogP contribution in [0.5, 0.6) is 0 Å². The van der Waals surface area contributed by atoms with Crippen molar-refractivity contribution >= 4 is 33.0 Å². The number of aromatic nitrogens is 2. The molecule has 0 aliphatic heterocycles. The van der Waals surface area contributed by atoms with Crippen molar-refractivity contribution in [3.63, 3.8) is 0 Å². The van der Waals surface area contributed by atoms with Crippen molar-refractivity contribution in [1.82, 2.24) is 9.97 Å². The van der Waals surface area contributed by atoms with E-state index in [0.29, 0.717) is 5.82 Å². The second-order valence-electron chi connectivity index (χ2n) is 5.56. The van der Waals surface area contributed by atoms with Crippen molar-refractivity contribution in [2.75, 3.05) is 16.7 Å². The molecule has 3 aromatic rings. The summed E-state index contributed by atoms with van der Waals surface area (Å²) < 4.78 is 27.2. The molecule has 0 aromatic carbocycles. The van der Waals surface area contributed by atoms with Gasteiger partial charge in [0.2, 0.25) is 0 Å². The van der Waals surface area contributed by atoms with Crippen LogP contribution in [0.2, 0.25) is 0 Å². The topological polar surface area (TPSA) is 75.2 Å². The smallest absolute Gasteiger partial charge is 0.264 e. The van der Waals surface area contributed by atoms with E-state index in [-0.39, 0.29) is 10.7 Å². The molecule has 8 heteroatoms. The summed E-state index contributed by atoms with van der Waals surface area (Å²) in [4.78, 5) is 11.6. The minimum Gasteiger partial charge on any atom is -0.355 e. The number of pyridine rings is 2. The third-order valence-electron chi connectivity index (χ3n) is 3.67. The normalized spacial score (nSPS) is 11.3. The summed E-state index contributed by atoms with van der Waals surface area (Å²) in [5, 5.41) is 2.06. The summed E-state index contributed by atoms with van der Waals surface area (Å²) in [5.41, 5.74) is 1.25. The first kappa shape index (κ1) is 17.4. The quantitative estimate of drug-likeness (QED) is 0.717. The molecule has 0 aliphatic rings. The summed E-state index contributed by atoms with van der Waals surface area (Å²) >= 11 is 1.70. The molecule has 0 amide bonds.